The Hall–Kier alpha value is -2.83. The third-order valence-electron chi connectivity index (χ3n) is 3.00. The summed E-state index contributed by atoms with van der Waals surface area (Å²) in [7, 11) is 3.45. The van der Waals surface area contributed by atoms with E-state index in [-0.39, 0.29) is 5.69 Å². The lowest BCUT2D eigenvalue weighted by Gasteiger charge is -2.18. The summed E-state index contributed by atoms with van der Waals surface area (Å²) < 4.78 is 10.7. The second kappa shape index (κ2) is 7.26. The number of methoxy groups -OCH3 is 1. The first kappa shape index (κ1) is 15.6. The number of nitrogens with zero attached hydrogens (tertiary/aromatic N) is 3. The predicted octanol–water partition coefficient (Wildman–Crippen LogP) is 1.70. The zero-order chi connectivity index (χ0) is 15.9. The number of ether oxygens (including phenoxy) is 2. The Balaban J connectivity index is 1.83. The van der Waals surface area contributed by atoms with Gasteiger partial charge in [-0.05, 0) is 24.3 Å². The number of likely N-dealkylation sites (N-methyl/N-ethyl adjacent to an activating group) is 1. The number of rotatable bonds is 7. The topological polar surface area (TPSA) is 84.8 Å². The van der Waals surface area contributed by atoms with Crippen LogP contribution in [0.1, 0.15) is 10.5 Å². The molecule has 116 valence electrons. The SMILES string of the molecule is COc1ccc(OCCN(C)c2cnc(C(=O)O)cn2)cc1. The van der Waals surface area contributed by atoms with Crippen molar-refractivity contribution in [3.63, 3.8) is 0 Å². The van der Waals surface area contributed by atoms with Gasteiger partial charge in [0.05, 0.1) is 26.0 Å². The summed E-state index contributed by atoms with van der Waals surface area (Å²) in [5.74, 6) is 1.02. The first-order chi connectivity index (χ1) is 10.6. The average Bonchev–Trinajstić information content (AvgIpc) is 2.55. The summed E-state index contributed by atoms with van der Waals surface area (Å²) in [6.45, 7) is 1.05. The molecule has 0 aliphatic carbocycles. The smallest absolute Gasteiger partial charge is 0.356 e. The van der Waals surface area contributed by atoms with Crippen molar-refractivity contribution in [2.45, 2.75) is 0 Å². The second-order valence-electron chi connectivity index (χ2n) is 4.51. The fourth-order valence-corrected chi connectivity index (χ4v) is 1.72. The normalized spacial score (nSPS) is 10.1. The molecule has 1 aromatic heterocycles. The van der Waals surface area contributed by atoms with Gasteiger partial charge < -0.3 is 19.5 Å². The molecular formula is C15H17N3O4. The minimum atomic E-state index is -1.09. The molecule has 0 bridgehead atoms. The maximum atomic E-state index is 10.7. The second-order valence-corrected chi connectivity index (χ2v) is 4.51. The van der Waals surface area contributed by atoms with Crippen molar-refractivity contribution in [1.29, 1.82) is 0 Å². The van der Waals surface area contributed by atoms with Gasteiger partial charge >= 0.3 is 5.97 Å². The molecule has 0 atom stereocenters. The molecule has 0 saturated carbocycles. The number of aromatic nitrogens is 2. The minimum Gasteiger partial charge on any atom is -0.497 e. The van der Waals surface area contributed by atoms with Crippen LogP contribution in [-0.2, 0) is 0 Å². The zero-order valence-corrected chi connectivity index (χ0v) is 12.4. The van der Waals surface area contributed by atoms with Gasteiger partial charge in [-0.25, -0.2) is 14.8 Å². The fraction of sp³-hybridized carbons (Fsp3) is 0.267. The lowest BCUT2D eigenvalue weighted by molar-refractivity contribution is 0.0690. The molecule has 0 amide bonds. The monoisotopic (exact) mass is 303 g/mol. The fourth-order valence-electron chi connectivity index (χ4n) is 1.72. The molecule has 7 heteroatoms. The quantitative estimate of drug-likeness (QED) is 0.833. The molecule has 0 aliphatic heterocycles. The Bertz CT molecular complexity index is 614. The number of hydrogen-bond donors (Lipinski definition) is 1. The van der Waals surface area contributed by atoms with Gasteiger partial charge in [-0.2, -0.15) is 0 Å². The number of carboxylic acid groups (broad SMARTS) is 1. The van der Waals surface area contributed by atoms with Crippen LogP contribution in [0.4, 0.5) is 5.82 Å². The summed E-state index contributed by atoms with van der Waals surface area (Å²) in [4.78, 5) is 20.4. The number of carbonyl (C=O) groups is 1. The van der Waals surface area contributed by atoms with Gasteiger partial charge in [0.2, 0.25) is 0 Å². The van der Waals surface area contributed by atoms with Crippen molar-refractivity contribution in [1.82, 2.24) is 9.97 Å². The summed E-state index contributed by atoms with van der Waals surface area (Å²) >= 11 is 0. The maximum absolute atomic E-state index is 10.7. The number of anilines is 1. The van der Waals surface area contributed by atoms with E-state index in [1.807, 2.05) is 36.2 Å². The van der Waals surface area contributed by atoms with Crippen LogP contribution in [0.15, 0.2) is 36.7 Å². The van der Waals surface area contributed by atoms with Crippen LogP contribution >= 0.6 is 0 Å². The van der Waals surface area contributed by atoms with E-state index in [1.54, 1.807) is 7.11 Å². The number of benzene rings is 1. The number of carboxylic acids is 1. The first-order valence-corrected chi connectivity index (χ1v) is 6.63. The Morgan fingerprint density at radius 2 is 1.86 bits per heavy atom. The van der Waals surface area contributed by atoms with Crippen LogP contribution in [0, 0.1) is 0 Å². The van der Waals surface area contributed by atoms with Gasteiger partial charge in [-0.1, -0.05) is 0 Å². The minimum absolute atomic E-state index is 0.0772. The molecule has 1 aromatic carbocycles. The van der Waals surface area contributed by atoms with Gasteiger partial charge in [-0.3, -0.25) is 0 Å². The Kier molecular flexibility index (Phi) is 5.13. The first-order valence-electron chi connectivity index (χ1n) is 6.63. The van der Waals surface area contributed by atoms with Gasteiger partial charge in [-0.15, -0.1) is 0 Å². The summed E-state index contributed by atoms with van der Waals surface area (Å²) in [5, 5.41) is 8.77. The molecule has 0 radical (unpaired) electrons. The van der Waals surface area contributed by atoms with E-state index in [0.717, 1.165) is 11.5 Å². The molecule has 2 aromatic rings. The molecule has 22 heavy (non-hydrogen) atoms. The molecule has 0 fully saturated rings. The third kappa shape index (κ3) is 4.08. The molecule has 0 saturated heterocycles. The van der Waals surface area contributed by atoms with Gasteiger partial charge in [0.1, 0.15) is 23.9 Å². The van der Waals surface area contributed by atoms with Crippen molar-refractivity contribution in [2.24, 2.45) is 0 Å². The highest BCUT2D eigenvalue weighted by Crippen LogP contribution is 2.17. The van der Waals surface area contributed by atoms with E-state index >= 15 is 0 Å². The molecule has 0 aliphatic rings. The van der Waals surface area contributed by atoms with Crippen LogP contribution in [-0.4, -0.2) is 48.4 Å². The van der Waals surface area contributed by atoms with Crippen molar-refractivity contribution in [3.05, 3.63) is 42.4 Å². The van der Waals surface area contributed by atoms with E-state index in [1.165, 1.54) is 12.4 Å². The van der Waals surface area contributed by atoms with Crippen LogP contribution in [0.3, 0.4) is 0 Å². The zero-order valence-electron chi connectivity index (χ0n) is 12.4. The van der Waals surface area contributed by atoms with Crippen molar-refractivity contribution in [2.75, 3.05) is 32.2 Å². The molecular weight excluding hydrogens is 286 g/mol. The Morgan fingerprint density at radius 1 is 1.18 bits per heavy atom. The molecule has 0 unspecified atom stereocenters. The molecule has 7 nitrogen and oxygen atoms in total. The summed E-state index contributed by atoms with van der Waals surface area (Å²) in [6.07, 6.45) is 2.66. The van der Waals surface area contributed by atoms with Crippen molar-refractivity contribution >= 4 is 11.8 Å². The summed E-state index contributed by atoms with van der Waals surface area (Å²) in [6, 6.07) is 7.32. The molecule has 1 heterocycles. The van der Waals surface area contributed by atoms with Crippen molar-refractivity contribution < 1.29 is 19.4 Å². The highest BCUT2D eigenvalue weighted by atomic mass is 16.5. The van der Waals surface area contributed by atoms with Crippen LogP contribution in [0.5, 0.6) is 11.5 Å². The van der Waals surface area contributed by atoms with Crippen LogP contribution in [0.2, 0.25) is 0 Å². The number of aromatic carboxylic acids is 1. The van der Waals surface area contributed by atoms with E-state index < -0.39 is 5.97 Å². The Labute approximate surface area is 128 Å². The van der Waals surface area contributed by atoms with E-state index in [4.69, 9.17) is 14.6 Å². The maximum Gasteiger partial charge on any atom is 0.356 e. The predicted molar refractivity (Wildman–Crippen MR) is 80.8 cm³/mol. The Morgan fingerprint density at radius 3 is 2.41 bits per heavy atom. The van der Waals surface area contributed by atoms with Crippen LogP contribution in [0.25, 0.3) is 0 Å². The van der Waals surface area contributed by atoms with Gasteiger partial charge in [0.25, 0.3) is 0 Å². The lowest BCUT2D eigenvalue weighted by Crippen LogP contribution is -2.25. The largest absolute Gasteiger partial charge is 0.497 e. The van der Waals surface area contributed by atoms with E-state index in [2.05, 4.69) is 9.97 Å². The van der Waals surface area contributed by atoms with E-state index in [0.29, 0.717) is 19.0 Å². The van der Waals surface area contributed by atoms with Crippen LogP contribution < -0.4 is 14.4 Å². The standard InChI is InChI=1S/C15H17N3O4/c1-18(14-10-16-13(9-17-14)15(19)20)7-8-22-12-5-3-11(21-2)4-6-12/h3-6,9-10H,7-8H2,1-2H3,(H,19,20). The molecule has 0 spiro atoms. The van der Waals surface area contributed by atoms with E-state index in [9.17, 15) is 4.79 Å². The van der Waals surface area contributed by atoms with Gasteiger partial charge in [0.15, 0.2) is 5.69 Å². The highest BCUT2D eigenvalue weighted by molar-refractivity contribution is 5.84. The lowest BCUT2D eigenvalue weighted by atomic mass is 10.3. The van der Waals surface area contributed by atoms with Gasteiger partial charge in [0, 0.05) is 7.05 Å². The van der Waals surface area contributed by atoms with Crippen molar-refractivity contribution in [3.8, 4) is 11.5 Å². The molecule has 1 N–H and O–H groups in total. The molecule has 2 rings (SSSR count). The highest BCUT2D eigenvalue weighted by Gasteiger charge is 2.07. The number of hydrogen-bond acceptors (Lipinski definition) is 6. The summed E-state index contributed by atoms with van der Waals surface area (Å²) in [5.41, 5.74) is -0.0772. The average molecular weight is 303 g/mol. The third-order valence-corrected chi connectivity index (χ3v) is 3.00.